The van der Waals surface area contributed by atoms with Gasteiger partial charge in [0, 0.05) is 49.9 Å². The number of benzene rings is 1. The molecule has 1 amide bonds. The molecule has 0 saturated carbocycles. The van der Waals surface area contributed by atoms with Gasteiger partial charge in [0.1, 0.15) is 17.2 Å². The summed E-state index contributed by atoms with van der Waals surface area (Å²) in [6.07, 6.45) is 6.24. The van der Waals surface area contributed by atoms with Crippen LogP contribution in [-0.2, 0) is 12.6 Å². The number of imidazole rings is 1. The fraction of sp³-hybridized carbons (Fsp3) is 0.444. The Morgan fingerprint density at radius 1 is 1.25 bits per heavy atom. The number of aliphatic hydroxyl groups is 1. The number of hydrogen-bond donors (Lipinski definition) is 1. The maximum Gasteiger partial charge on any atom is 0.254 e. The molecule has 3 heterocycles. The minimum atomic E-state index is -0.996. The second kappa shape index (κ2) is 5.41. The molecule has 2 fully saturated rings. The van der Waals surface area contributed by atoms with Crippen molar-refractivity contribution < 1.29 is 14.3 Å². The molecule has 2 aliphatic heterocycles. The van der Waals surface area contributed by atoms with Gasteiger partial charge in [0.15, 0.2) is 0 Å². The second-order valence-electron chi connectivity index (χ2n) is 6.91. The van der Waals surface area contributed by atoms with E-state index in [0.29, 0.717) is 24.2 Å². The molecule has 2 bridgehead atoms. The Kier molecular flexibility index (Phi) is 3.46. The Balaban J connectivity index is 1.60. The molecule has 4 rings (SSSR count). The third kappa shape index (κ3) is 2.33. The average Bonchev–Trinajstić information content (AvgIpc) is 3.10. The van der Waals surface area contributed by atoms with E-state index in [1.807, 2.05) is 22.7 Å². The lowest BCUT2D eigenvalue weighted by atomic mass is 9.85. The molecule has 2 atom stereocenters. The highest BCUT2D eigenvalue weighted by Gasteiger charge is 2.51. The summed E-state index contributed by atoms with van der Waals surface area (Å²) in [7, 11) is 1.87. The van der Waals surface area contributed by atoms with Gasteiger partial charge in [-0.05, 0) is 37.1 Å². The van der Waals surface area contributed by atoms with Crippen molar-refractivity contribution in [2.75, 3.05) is 0 Å². The molecule has 24 heavy (non-hydrogen) atoms. The van der Waals surface area contributed by atoms with Crippen molar-refractivity contribution in [2.45, 2.75) is 43.4 Å². The number of carbonyl (C=O) groups excluding carboxylic acids is 1. The van der Waals surface area contributed by atoms with Crippen molar-refractivity contribution in [1.82, 2.24) is 14.5 Å². The Labute approximate surface area is 139 Å². The lowest BCUT2D eigenvalue weighted by Gasteiger charge is -2.43. The van der Waals surface area contributed by atoms with Crippen LogP contribution in [0, 0.1) is 5.82 Å². The molecule has 1 N–H and O–H groups in total. The summed E-state index contributed by atoms with van der Waals surface area (Å²) in [6.45, 7) is 0. The van der Waals surface area contributed by atoms with Crippen molar-refractivity contribution in [3.63, 3.8) is 0 Å². The summed E-state index contributed by atoms with van der Waals surface area (Å²) in [5.74, 6) is 0.231. The molecule has 0 aliphatic carbocycles. The zero-order chi connectivity index (χ0) is 16.9. The molecule has 126 valence electrons. The van der Waals surface area contributed by atoms with Gasteiger partial charge in [0.2, 0.25) is 0 Å². The Morgan fingerprint density at radius 3 is 2.42 bits per heavy atom. The number of amides is 1. The molecule has 2 aromatic rings. The van der Waals surface area contributed by atoms with Crippen LogP contribution in [0.15, 0.2) is 36.7 Å². The molecule has 0 unspecified atom stereocenters. The minimum Gasteiger partial charge on any atom is -0.382 e. The van der Waals surface area contributed by atoms with Gasteiger partial charge >= 0.3 is 0 Å². The van der Waals surface area contributed by atoms with Crippen LogP contribution in [0.3, 0.4) is 0 Å². The first kappa shape index (κ1) is 15.3. The lowest BCUT2D eigenvalue weighted by Crippen LogP contribution is -2.52. The van der Waals surface area contributed by atoms with E-state index in [9.17, 15) is 14.3 Å². The first-order valence-electron chi connectivity index (χ1n) is 8.26. The van der Waals surface area contributed by atoms with Gasteiger partial charge < -0.3 is 14.6 Å². The predicted molar refractivity (Wildman–Crippen MR) is 85.7 cm³/mol. The van der Waals surface area contributed by atoms with Crippen LogP contribution >= 0.6 is 0 Å². The zero-order valence-electron chi connectivity index (χ0n) is 13.5. The smallest absolute Gasteiger partial charge is 0.254 e. The highest BCUT2D eigenvalue weighted by molar-refractivity contribution is 5.95. The van der Waals surface area contributed by atoms with Crippen molar-refractivity contribution >= 4 is 5.91 Å². The Morgan fingerprint density at radius 2 is 1.88 bits per heavy atom. The van der Waals surface area contributed by atoms with Crippen LogP contribution < -0.4 is 0 Å². The Bertz CT molecular complexity index is 757. The predicted octanol–water partition coefficient (Wildman–Crippen LogP) is 2.21. The third-order valence-electron chi connectivity index (χ3n) is 5.33. The van der Waals surface area contributed by atoms with E-state index < -0.39 is 5.60 Å². The fourth-order valence-electron chi connectivity index (χ4n) is 4.29. The van der Waals surface area contributed by atoms with Gasteiger partial charge in [-0.1, -0.05) is 0 Å². The monoisotopic (exact) mass is 329 g/mol. The van der Waals surface area contributed by atoms with Gasteiger partial charge in [-0.3, -0.25) is 4.79 Å². The number of piperidine rings is 1. The molecule has 1 aromatic heterocycles. The summed E-state index contributed by atoms with van der Waals surface area (Å²) < 4.78 is 14.9. The van der Waals surface area contributed by atoms with Crippen LogP contribution in [0.4, 0.5) is 4.39 Å². The van der Waals surface area contributed by atoms with E-state index in [0.717, 1.165) is 12.8 Å². The lowest BCUT2D eigenvalue weighted by molar-refractivity contribution is -0.0555. The summed E-state index contributed by atoms with van der Waals surface area (Å²) in [5, 5.41) is 11.1. The number of halogens is 1. The van der Waals surface area contributed by atoms with Crippen LogP contribution in [0.1, 0.15) is 41.9 Å². The number of carbonyl (C=O) groups is 1. The van der Waals surface area contributed by atoms with E-state index in [4.69, 9.17) is 0 Å². The Hall–Kier alpha value is -2.21. The third-order valence-corrected chi connectivity index (χ3v) is 5.33. The molecular weight excluding hydrogens is 309 g/mol. The van der Waals surface area contributed by atoms with Crippen LogP contribution in [0.25, 0.3) is 0 Å². The van der Waals surface area contributed by atoms with Crippen molar-refractivity contribution in [2.24, 2.45) is 7.05 Å². The molecule has 2 aliphatic rings. The van der Waals surface area contributed by atoms with Crippen molar-refractivity contribution in [1.29, 1.82) is 0 Å². The maximum atomic E-state index is 13.1. The minimum absolute atomic E-state index is 0.0111. The fourth-order valence-corrected chi connectivity index (χ4v) is 4.29. The van der Waals surface area contributed by atoms with Gasteiger partial charge in [-0.25, -0.2) is 9.37 Å². The van der Waals surface area contributed by atoms with Gasteiger partial charge in [0.05, 0.1) is 0 Å². The van der Waals surface area contributed by atoms with Crippen LogP contribution in [0.5, 0.6) is 0 Å². The van der Waals surface area contributed by atoms with Gasteiger partial charge in [0.25, 0.3) is 5.91 Å². The van der Waals surface area contributed by atoms with E-state index in [1.165, 1.54) is 24.3 Å². The molecule has 5 nitrogen and oxygen atoms in total. The van der Waals surface area contributed by atoms with E-state index in [1.54, 1.807) is 6.20 Å². The highest BCUT2D eigenvalue weighted by Crippen LogP contribution is 2.45. The van der Waals surface area contributed by atoms with Crippen molar-refractivity contribution in [3.8, 4) is 0 Å². The summed E-state index contributed by atoms with van der Waals surface area (Å²) in [6, 6.07) is 5.64. The standard InChI is InChI=1S/C18H20FN3O2/c1-21-9-8-20-17(21)18(24)10-14-6-7-15(11-18)22(14)16(23)12-2-4-13(19)5-3-12/h2-5,8-9,14-15,24H,6-7,10-11H2,1H3/t14-,15-/m1/s1. The number of nitrogens with zero attached hydrogens (tertiary/aromatic N) is 3. The first-order chi connectivity index (χ1) is 11.5. The zero-order valence-corrected chi connectivity index (χ0v) is 13.5. The number of hydrogen-bond acceptors (Lipinski definition) is 3. The topological polar surface area (TPSA) is 58.4 Å². The number of aromatic nitrogens is 2. The van der Waals surface area contributed by atoms with E-state index in [-0.39, 0.29) is 23.8 Å². The summed E-state index contributed by atoms with van der Waals surface area (Å²) in [4.78, 5) is 19.0. The number of rotatable bonds is 2. The average molecular weight is 329 g/mol. The molecule has 2 saturated heterocycles. The van der Waals surface area contributed by atoms with Gasteiger partial charge in [-0.2, -0.15) is 0 Å². The molecule has 0 spiro atoms. The van der Waals surface area contributed by atoms with Crippen LogP contribution in [-0.4, -0.2) is 37.5 Å². The second-order valence-corrected chi connectivity index (χ2v) is 6.91. The van der Waals surface area contributed by atoms with Crippen molar-refractivity contribution in [3.05, 3.63) is 53.9 Å². The SMILES string of the molecule is Cn1ccnc1C1(O)C[C@H]2CC[C@H](C1)N2C(=O)c1ccc(F)cc1. The normalized spacial score (nSPS) is 29.0. The molecule has 0 radical (unpaired) electrons. The molecular formula is C18H20FN3O2. The van der Waals surface area contributed by atoms with E-state index in [2.05, 4.69) is 4.98 Å². The van der Waals surface area contributed by atoms with Crippen LogP contribution in [0.2, 0.25) is 0 Å². The number of aryl methyl sites for hydroxylation is 1. The highest BCUT2D eigenvalue weighted by atomic mass is 19.1. The van der Waals surface area contributed by atoms with Gasteiger partial charge in [-0.15, -0.1) is 0 Å². The maximum absolute atomic E-state index is 13.1. The van der Waals surface area contributed by atoms with E-state index >= 15 is 0 Å². The molecule has 6 heteroatoms. The molecule has 1 aromatic carbocycles. The first-order valence-corrected chi connectivity index (χ1v) is 8.26. The number of fused-ring (bicyclic) bond motifs is 2. The largest absolute Gasteiger partial charge is 0.382 e. The summed E-state index contributed by atoms with van der Waals surface area (Å²) in [5.41, 5.74) is -0.500. The quantitative estimate of drug-likeness (QED) is 0.919. The summed E-state index contributed by atoms with van der Waals surface area (Å²) >= 11 is 0.